The second-order valence-electron chi connectivity index (χ2n) is 6.29. The van der Waals surface area contributed by atoms with Gasteiger partial charge in [-0.25, -0.2) is 22.0 Å². The molecule has 1 aliphatic rings. The van der Waals surface area contributed by atoms with E-state index in [1.54, 1.807) is 0 Å². The highest BCUT2D eigenvalue weighted by Crippen LogP contribution is 2.28. The lowest BCUT2D eigenvalue weighted by Gasteiger charge is -2.38. The molecule has 0 spiro atoms. The average molecular weight is 382 g/mol. The zero-order valence-electron chi connectivity index (χ0n) is 13.6. The third-order valence-corrected chi connectivity index (χ3v) is 4.29. The van der Waals surface area contributed by atoms with Crippen LogP contribution in [-0.4, -0.2) is 44.6 Å². The molecule has 1 aliphatic heterocycles. The predicted molar refractivity (Wildman–Crippen MR) is 84.4 cm³/mol. The van der Waals surface area contributed by atoms with E-state index in [2.05, 4.69) is 10.1 Å². The van der Waals surface area contributed by atoms with E-state index in [0.717, 1.165) is 17.0 Å². The highest BCUT2D eigenvalue weighted by molar-refractivity contribution is 5.83. The van der Waals surface area contributed by atoms with Crippen molar-refractivity contribution >= 4 is 16.9 Å². The van der Waals surface area contributed by atoms with Crippen molar-refractivity contribution in [2.24, 2.45) is 0 Å². The van der Waals surface area contributed by atoms with Gasteiger partial charge in [-0.05, 0) is 23.8 Å². The molecule has 0 atom stereocenters. The van der Waals surface area contributed by atoms with Crippen molar-refractivity contribution in [3.63, 3.8) is 0 Å². The highest BCUT2D eigenvalue weighted by atomic mass is 19.3. The molecule has 0 bridgehead atoms. The van der Waals surface area contributed by atoms with Crippen LogP contribution in [0.2, 0.25) is 0 Å². The molecule has 1 saturated heterocycles. The summed E-state index contributed by atoms with van der Waals surface area (Å²) in [6.45, 7) is -1.55. The number of amides is 1. The number of fused-ring (bicyclic) bond motifs is 1. The number of pyridine rings is 1. The molecule has 0 N–H and O–H groups in total. The van der Waals surface area contributed by atoms with E-state index in [1.165, 1.54) is 23.1 Å². The monoisotopic (exact) mass is 382 g/mol. The maximum Gasteiger partial charge on any atom is 0.282 e. The number of hydrogen-bond acceptors (Lipinski definition) is 3. The molecule has 3 heterocycles. The molecule has 1 amide bonds. The van der Waals surface area contributed by atoms with E-state index >= 15 is 0 Å². The molecule has 10 heteroatoms. The molecule has 27 heavy (non-hydrogen) atoms. The van der Waals surface area contributed by atoms with Crippen molar-refractivity contribution < 1.29 is 26.7 Å². The van der Waals surface area contributed by atoms with Gasteiger partial charge in [-0.15, -0.1) is 0 Å². The SMILES string of the molecule is O=C(Cn1ncc2ncc(-c3cc(F)c(F)c(F)c3)cc21)N1CC(F)(F)C1. The second kappa shape index (κ2) is 6.00. The molecule has 0 aliphatic carbocycles. The fourth-order valence-electron chi connectivity index (χ4n) is 2.88. The summed E-state index contributed by atoms with van der Waals surface area (Å²) in [5, 5.41) is 4.01. The van der Waals surface area contributed by atoms with E-state index < -0.39 is 42.4 Å². The van der Waals surface area contributed by atoms with E-state index in [9.17, 15) is 26.7 Å². The van der Waals surface area contributed by atoms with Gasteiger partial charge < -0.3 is 4.90 Å². The minimum absolute atomic E-state index is 0.0576. The van der Waals surface area contributed by atoms with Gasteiger partial charge in [0, 0.05) is 11.8 Å². The quantitative estimate of drug-likeness (QED) is 0.517. The van der Waals surface area contributed by atoms with Crippen molar-refractivity contribution in [2.45, 2.75) is 12.5 Å². The fourth-order valence-corrected chi connectivity index (χ4v) is 2.88. The molecule has 0 saturated carbocycles. The topological polar surface area (TPSA) is 51.0 Å². The molecule has 4 rings (SSSR count). The van der Waals surface area contributed by atoms with Gasteiger partial charge in [-0.3, -0.25) is 14.5 Å². The van der Waals surface area contributed by atoms with Crippen LogP contribution in [0, 0.1) is 17.5 Å². The Morgan fingerprint density at radius 3 is 2.33 bits per heavy atom. The molecule has 0 radical (unpaired) electrons. The van der Waals surface area contributed by atoms with Crippen LogP contribution in [0.4, 0.5) is 22.0 Å². The smallest absolute Gasteiger partial charge is 0.282 e. The van der Waals surface area contributed by atoms with E-state index in [1.807, 2.05) is 0 Å². The summed E-state index contributed by atoms with van der Waals surface area (Å²) in [6, 6.07) is 3.14. The van der Waals surface area contributed by atoms with Crippen molar-refractivity contribution in [2.75, 3.05) is 13.1 Å². The fraction of sp³-hybridized carbons (Fsp3) is 0.235. The van der Waals surface area contributed by atoms with Gasteiger partial charge in [0.1, 0.15) is 12.1 Å². The number of aromatic nitrogens is 3. The number of alkyl halides is 2. The number of carbonyl (C=O) groups is 1. The van der Waals surface area contributed by atoms with Crippen LogP contribution in [0.3, 0.4) is 0 Å². The van der Waals surface area contributed by atoms with Crippen molar-refractivity contribution in [1.82, 2.24) is 19.7 Å². The predicted octanol–water partition coefficient (Wildman–Crippen LogP) is 2.99. The van der Waals surface area contributed by atoms with Crippen molar-refractivity contribution in [3.05, 3.63) is 48.0 Å². The number of hydrogen-bond donors (Lipinski definition) is 0. The number of benzene rings is 1. The second-order valence-corrected chi connectivity index (χ2v) is 6.29. The number of nitrogens with zero attached hydrogens (tertiary/aromatic N) is 4. The largest absolute Gasteiger partial charge is 0.329 e. The van der Waals surface area contributed by atoms with Gasteiger partial charge in [-0.2, -0.15) is 5.10 Å². The lowest BCUT2D eigenvalue weighted by molar-refractivity contribution is -0.166. The van der Waals surface area contributed by atoms with Crippen LogP contribution in [0.1, 0.15) is 0 Å². The summed E-state index contributed by atoms with van der Waals surface area (Å²) in [7, 11) is 0. The van der Waals surface area contributed by atoms with Crippen LogP contribution in [0.25, 0.3) is 22.2 Å². The zero-order chi connectivity index (χ0) is 19.3. The molecule has 5 nitrogen and oxygen atoms in total. The standard InChI is InChI=1S/C17H11F5N4O/c18-11-1-9(2-12(19)16(11)20)10-3-14-13(23-4-10)5-24-26(14)6-15(27)25-7-17(21,22)8-25/h1-5H,6-8H2. The maximum atomic E-state index is 13.5. The first-order chi connectivity index (χ1) is 12.7. The minimum atomic E-state index is -2.87. The van der Waals surface area contributed by atoms with Crippen LogP contribution >= 0.6 is 0 Å². The van der Waals surface area contributed by atoms with Gasteiger partial charge in [0.25, 0.3) is 5.92 Å². The zero-order valence-corrected chi connectivity index (χ0v) is 13.6. The molecular formula is C17H11F5N4O. The maximum absolute atomic E-state index is 13.5. The van der Waals surface area contributed by atoms with Crippen molar-refractivity contribution in [1.29, 1.82) is 0 Å². The van der Waals surface area contributed by atoms with Crippen LogP contribution < -0.4 is 0 Å². The third-order valence-electron chi connectivity index (χ3n) is 4.29. The Bertz CT molecular complexity index is 1030. The van der Waals surface area contributed by atoms with Gasteiger partial charge in [0.15, 0.2) is 17.5 Å². The third kappa shape index (κ3) is 3.11. The molecule has 1 aromatic carbocycles. The normalized spacial score (nSPS) is 15.8. The lowest BCUT2D eigenvalue weighted by atomic mass is 10.1. The summed E-state index contributed by atoms with van der Waals surface area (Å²) < 4.78 is 67.1. The van der Waals surface area contributed by atoms with Gasteiger partial charge >= 0.3 is 0 Å². The Kier molecular flexibility index (Phi) is 3.86. The first-order valence-electron chi connectivity index (χ1n) is 7.85. The summed E-state index contributed by atoms with van der Waals surface area (Å²) in [5.74, 6) is -7.65. The molecule has 1 fully saturated rings. The van der Waals surface area contributed by atoms with E-state index in [0.29, 0.717) is 11.0 Å². The first kappa shape index (κ1) is 17.4. The van der Waals surface area contributed by atoms with Crippen LogP contribution in [0.5, 0.6) is 0 Å². The summed E-state index contributed by atoms with van der Waals surface area (Å²) in [6.07, 6.45) is 2.71. The highest BCUT2D eigenvalue weighted by Gasteiger charge is 2.46. The van der Waals surface area contributed by atoms with Gasteiger partial charge in [0.2, 0.25) is 5.91 Å². The van der Waals surface area contributed by atoms with E-state index in [4.69, 9.17) is 0 Å². The first-order valence-corrected chi connectivity index (χ1v) is 7.85. The summed E-state index contributed by atoms with van der Waals surface area (Å²) in [4.78, 5) is 17.2. The van der Waals surface area contributed by atoms with Crippen LogP contribution in [0.15, 0.2) is 30.6 Å². The minimum Gasteiger partial charge on any atom is -0.329 e. The van der Waals surface area contributed by atoms with E-state index in [-0.39, 0.29) is 17.7 Å². The number of carbonyl (C=O) groups excluding carboxylic acids is 1. The molecule has 3 aromatic rings. The Hall–Kier alpha value is -3.04. The van der Waals surface area contributed by atoms with Crippen LogP contribution in [-0.2, 0) is 11.3 Å². The Labute approximate surface area is 149 Å². The summed E-state index contributed by atoms with van der Waals surface area (Å²) in [5.41, 5.74) is 1.12. The number of halogens is 5. The molecule has 0 unspecified atom stereocenters. The molecule has 2 aromatic heterocycles. The Morgan fingerprint density at radius 1 is 1.04 bits per heavy atom. The Morgan fingerprint density at radius 2 is 1.70 bits per heavy atom. The summed E-state index contributed by atoms with van der Waals surface area (Å²) >= 11 is 0. The molecular weight excluding hydrogens is 371 g/mol. The average Bonchev–Trinajstić information content (AvgIpc) is 2.99. The molecule has 140 valence electrons. The van der Waals surface area contributed by atoms with Crippen molar-refractivity contribution in [3.8, 4) is 11.1 Å². The number of rotatable bonds is 3. The lowest BCUT2D eigenvalue weighted by Crippen LogP contribution is -2.59. The van der Waals surface area contributed by atoms with Gasteiger partial charge in [0.05, 0.1) is 24.8 Å². The number of likely N-dealkylation sites (tertiary alicyclic amines) is 1. The Balaban J connectivity index is 1.65. The van der Waals surface area contributed by atoms with Gasteiger partial charge in [-0.1, -0.05) is 0 Å².